The number of aliphatic hydroxyl groups is 1. The maximum Gasteiger partial charge on any atom is 0.0945 e. The Morgan fingerprint density at radius 2 is 2.05 bits per heavy atom. The number of aliphatic hydroxyl groups excluding tert-OH is 1. The third kappa shape index (κ3) is 7.41. The van der Waals surface area contributed by atoms with Gasteiger partial charge >= 0.3 is 0 Å². The number of rotatable bonds is 8. The highest BCUT2D eigenvalue weighted by Crippen LogP contribution is 2.14. The maximum absolute atomic E-state index is 9.84. The predicted molar refractivity (Wildman–Crippen MR) is 80.8 cm³/mol. The van der Waals surface area contributed by atoms with Gasteiger partial charge in [0.05, 0.1) is 18.8 Å². The number of hydrogen-bond acceptors (Lipinski definition) is 3. The van der Waals surface area contributed by atoms with Gasteiger partial charge < -0.3 is 15.2 Å². The van der Waals surface area contributed by atoms with Crippen LogP contribution >= 0.6 is 11.6 Å². The summed E-state index contributed by atoms with van der Waals surface area (Å²) in [6, 6.07) is 7.44. The molecule has 1 aromatic rings. The van der Waals surface area contributed by atoms with Crippen molar-refractivity contribution in [2.75, 3.05) is 18.5 Å². The molecule has 2 unspecified atom stereocenters. The Morgan fingerprint density at radius 3 is 2.68 bits per heavy atom. The maximum atomic E-state index is 9.84. The zero-order valence-electron chi connectivity index (χ0n) is 11.9. The fourth-order valence-electron chi connectivity index (χ4n) is 1.90. The molecule has 0 amide bonds. The van der Waals surface area contributed by atoms with Gasteiger partial charge in [-0.2, -0.15) is 0 Å². The molecule has 2 atom stereocenters. The molecule has 0 aliphatic heterocycles. The van der Waals surface area contributed by atoms with Crippen molar-refractivity contribution in [3.63, 3.8) is 0 Å². The summed E-state index contributed by atoms with van der Waals surface area (Å²) in [5.74, 6) is 0.608. The van der Waals surface area contributed by atoms with Crippen LogP contribution in [0.2, 0.25) is 5.02 Å². The van der Waals surface area contributed by atoms with Crippen LogP contribution in [0, 0.1) is 5.92 Å². The summed E-state index contributed by atoms with van der Waals surface area (Å²) in [6.07, 6.45) is 0.670. The largest absolute Gasteiger partial charge is 0.389 e. The summed E-state index contributed by atoms with van der Waals surface area (Å²) in [4.78, 5) is 0. The minimum Gasteiger partial charge on any atom is -0.389 e. The van der Waals surface area contributed by atoms with Crippen LogP contribution in [0.5, 0.6) is 0 Å². The molecule has 0 aliphatic carbocycles. The Kier molecular flexibility index (Phi) is 7.21. The third-order valence-electron chi connectivity index (χ3n) is 2.74. The molecule has 3 nitrogen and oxygen atoms in total. The van der Waals surface area contributed by atoms with Crippen LogP contribution in [-0.2, 0) is 4.74 Å². The van der Waals surface area contributed by atoms with Gasteiger partial charge in [0.2, 0.25) is 0 Å². The Morgan fingerprint density at radius 1 is 1.32 bits per heavy atom. The Labute approximate surface area is 120 Å². The van der Waals surface area contributed by atoms with Crippen molar-refractivity contribution in [3.05, 3.63) is 29.3 Å². The van der Waals surface area contributed by atoms with Gasteiger partial charge in [-0.1, -0.05) is 31.5 Å². The number of benzene rings is 1. The lowest BCUT2D eigenvalue weighted by molar-refractivity contribution is -0.00443. The molecule has 4 heteroatoms. The Bertz CT molecular complexity index is 371. The van der Waals surface area contributed by atoms with Crippen LogP contribution < -0.4 is 5.32 Å². The highest BCUT2D eigenvalue weighted by molar-refractivity contribution is 6.30. The van der Waals surface area contributed by atoms with Crippen LogP contribution in [0.25, 0.3) is 0 Å². The fraction of sp³-hybridized carbons (Fsp3) is 0.600. The Hall–Kier alpha value is -0.770. The molecule has 2 N–H and O–H groups in total. The predicted octanol–water partition coefficient (Wildman–Crippen LogP) is 3.56. The first kappa shape index (κ1) is 16.3. The van der Waals surface area contributed by atoms with Crippen molar-refractivity contribution in [2.24, 2.45) is 5.92 Å². The third-order valence-corrected chi connectivity index (χ3v) is 2.98. The molecular weight excluding hydrogens is 262 g/mol. The van der Waals surface area contributed by atoms with Crippen molar-refractivity contribution < 1.29 is 9.84 Å². The van der Waals surface area contributed by atoms with E-state index in [1.807, 2.05) is 31.2 Å². The van der Waals surface area contributed by atoms with Gasteiger partial charge in [0, 0.05) is 17.3 Å². The highest BCUT2D eigenvalue weighted by atomic mass is 35.5. The first-order chi connectivity index (χ1) is 8.97. The smallest absolute Gasteiger partial charge is 0.0945 e. The number of halogens is 1. The molecule has 0 bridgehead atoms. The molecule has 1 rings (SSSR count). The zero-order chi connectivity index (χ0) is 14.3. The molecule has 0 heterocycles. The summed E-state index contributed by atoms with van der Waals surface area (Å²) in [7, 11) is 0. The van der Waals surface area contributed by atoms with Gasteiger partial charge in [-0.25, -0.2) is 0 Å². The second-order valence-electron chi connectivity index (χ2n) is 5.32. The van der Waals surface area contributed by atoms with E-state index in [-0.39, 0.29) is 6.10 Å². The summed E-state index contributed by atoms with van der Waals surface area (Å²) >= 11 is 5.88. The average Bonchev–Trinajstić information content (AvgIpc) is 2.33. The lowest BCUT2D eigenvalue weighted by atomic mass is 10.1. The normalized spacial score (nSPS) is 14.4. The van der Waals surface area contributed by atoms with Crippen molar-refractivity contribution in [2.45, 2.75) is 39.4 Å². The van der Waals surface area contributed by atoms with Crippen LogP contribution in [-0.4, -0.2) is 30.5 Å². The van der Waals surface area contributed by atoms with E-state index in [9.17, 15) is 5.11 Å². The molecular formula is C15H24ClNO2. The fourth-order valence-corrected chi connectivity index (χ4v) is 2.09. The molecule has 0 aliphatic rings. The molecule has 0 saturated carbocycles. The molecule has 0 radical (unpaired) electrons. The van der Waals surface area contributed by atoms with E-state index in [0.717, 1.165) is 12.1 Å². The molecule has 19 heavy (non-hydrogen) atoms. The van der Waals surface area contributed by atoms with Crippen molar-refractivity contribution in [3.8, 4) is 0 Å². The van der Waals surface area contributed by atoms with E-state index in [0.29, 0.717) is 24.1 Å². The number of ether oxygens (including phenoxy) is 1. The van der Waals surface area contributed by atoms with Gasteiger partial charge in [0.1, 0.15) is 0 Å². The van der Waals surface area contributed by atoms with E-state index in [2.05, 4.69) is 19.2 Å². The van der Waals surface area contributed by atoms with Crippen molar-refractivity contribution in [1.82, 2.24) is 0 Å². The van der Waals surface area contributed by atoms with Gasteiger partial charge in [-0.05, 0) is 37.5 Å². The summed E-state index contributed by atoms with van der Waals surface area (Å²) in [5, 5.41) is 13.7. The second-order valence-corrected chi connectivity index (χ2v) is 5.76. The molecule has 0 saturated heterocycles. The van der Waals surface area contributed by atoms with Crippen LogP contribution in [0.3, 0.4) is 0 Å². The van der Waals surface area contributed by atoms with Crippen LogP contribution in [0.15, 0.2) is 24.3 Å². The summed E-state index contributed by atoms with van der Waals surface area (Å²) in [5.41, 5.74) is 0.904. The number of hydrogen-bond donors (Lipinski definition) is 2. The van der Waals surface area contributed by atoms with E-state index in [1.165, 1.54) is 0 Å². The summed E-state index contributed by atoms with van der Waals surface area (Å²) < 4.78 is 5.61. The van der Waals surface area contributed by atoms with Gasteiger partial charge in [-0.15, -0.1) is 0 Å². The van der Waals surface area contributed by atoms with Crippen LogP contribution in [0.1, 0.15) is 27.2 Å². The SMILES string of the molecule is CC(C)CC(C)OCC(O)CNc1cccc(Cl)c1. The molecule has 108 valence electrons. The second kappa shape index (κ2) is 8.41. The van der Waals surface area contributed by atoms with Gasteiger partial charge in [0.15, 0.2) is 0 Å². The van der Waals surface area contributed by atoms with E-state index in [4.69, 9.17) is 16.3 Å². The lowest BCUT2D eigenvalue weighted by Gasteiger charge is -2.18. The zero-order valence-corrected chi connectivity index (χ0v) is 12.7. The van der Waals surface area contributed by atoms with E-state index >= 15 is 0 Å². The van der Waals surface area contributed by atoms with Crippen molar-refractivity contribution >= 4 is 17.3 Å². The highest BCUT2D eigenvalue weighted by Gasteiger charge is 2.09. The molecule has 0 aromatic heterocycles. The van der Waals surface area contributed by atoms with E-state index in [1.54, 1.807) is 0 Å². The number of anilines is 1. The quantitative estimate of drug-likeness (QED) is 0.767. The van der Waals surface area contributed by atoms with E-state index < -0.39 is 6.10 Å². The van der Waals surface area contributed by atoms with Gasteiger partial charge in [0.25, 0.3) is 0 Å². The number of nitrogens with one attached hydrogen (secondary N) is 1. The Balaban J connectivity index is 2.22. The first-order valence-electron chi connectivity index (χ1n) is 6.76. The molecule has 0 spiro atoms. The standard InChI is InChI=1S/C15H24ClNO2/c1-11(2)7-12(3)19-10-15(18)9-17-14-6-4-5-13(16)8-14/h4-6,8,11-12,15,17-18H,7,9-10H2,1-3H3. The summed E-state index contributed by atoms with van der Waals surface area (Å²) in [6.45, 7) is 7.17. The topological polar surface area (TPSA) is 41.5 Å². The average molecular weight is 286 g/mol. The molecule has 1 aromatic carbocycles. The minimum absolute atomic E-state index is 0.181. The molecule has 0 fully saturated rings. The van der Waals surface area contributed by atoms with Crippen LogP contribution in [0.4, 0.5) is 5.69 Å². The lowest BCUT2D eigenvalue weighted by Crippen LogP contribution is -2.27. The minimum atomic E-state index is -0.520. The van der Waals surface area contributed by atoms with Crippen molar-refractivity contribution in [1.29, 1.82) is 0 Å². The first-order valence-corrected chi connectivity index (χ1v) is 7.14. The monoisotopic (exact) mass is 285 g/mol. The van der Waals surface area contributed by atoms with Gasteiger partial charge in [-0.3, -0.25) is 0 Å².